The van der Waals surface area contributed by atoms with Crippen molar-refractivity contribution in [1.29, 1.82) is 0 Å². The van der Waals surface area contributed by atoms with E-state index in [9.17, 15) is 0 Å². The molecule has 0 amide bonds. The summed E-state index contributed by atoms with van der Waals surface area (Å²) >= 11 is 1.80. The van der Waals surface area contributed by atoms with Crippen LogP contribution in [0.15, 0.2) is 54.0 Å². The van der Waals surface area contributed by atoms with E-state index >= 15 is 0 Å². The monoisotopic (exact) mass is 415 g/mol. The van der Waals surface area contributed by atoms with Crippen LogP contribution in [0.2, 0.25) is 0 Å². The normalized spacial score (nSPS) is 8.00. The van der Waals surface area contributed by atoms with Gasteiger partial charge in [0.2, 0.25) is 0 Å². The van der Waals surface area contributed by atoms with E-state index in [1.807, 2.05) is 60.7 Å². The number of rotatable bonds is 0. The third kappa shape index (κ3) is 16.7. The molecule has 1 nitrogen and oxygen atoms in total. The van der Waals surface area contributed by atoms with E-state index in [-0.39, 0.29) is 0 Å². The molecule has 0 aliphatic heterocycles. The predicted octanol–water partition coefficient (Wildman–Crippen LogP) is 9.45. The zero-order valence-corrected chi connectivity index (χ0v) is 21.9. The van der Waals surface area contributed by atoms with Gasteiger partial charge in [-0.05, 0) is 81.3 Å². The fraction of sp³-hybridized carbons (Fsp3) is 0.444. The minimum absolute atomic E-state index is 1.12. The maximum absolute atomic E-state index is 4.08. The zero-order chi connectivity index (χ0) is 23.2. The van der Waals surface area contributed by atoms with E-state index in [1.54, 1.807) is 11.3 Å². The van der Waals surface area contributed by atoms with Gasteiger partial charge < -0.3 is 0 Å². The lowest BCUT2D eigenvalue weighted by atomic mass is 10.1. The summed E-state index contributed by atoms with van der Waals surface area (Å²) in [7, 11) is 0. The number of aromatic nitrogens is 1. The molecule has 3 aromatic rings. The van der Waals surface area contributed by atoms with Gasteiger partial charge in [-0.3, -0.25) is 4.98 Å². The largest absolute Gasteiger partial charge is 0.261 e. The summed E-state index contributed by atoms with van der Waals surface area (Å²) in [6.45, 7) is 24.6. The molecular weight excluding hydrogens is 370 g/mol. The molecule has 2 heteroatoms. The minimum Gasteiger partial charge on any atom is -0.261 e. The molecule has 0 unspecified atom stereocenters. The van der Waals surface area contributed by atoms with Crippen molar-refractivity contribution in [2.75, 3.05) is 0 Å². The lowest BCUT2D eigenvalue weighted by Crippen LogP contribution is -1.81. The fourth-order valence-corrected chi connectivity index (χ4v) is 2.41. The molecule has 0 radical (unpaired) electrons. The van der Waals surface area contributed by atoms with Crippen molar-refractivity contribution >= 4 is 11.3 Å². The van der Waals surface area contributed by atoms with Crippen LogP contribution < -0.4 is 0 Å². The number of hydrogen-bond donors (Lipinski definition) is 0. The van der Waals surface area contributed by atoms with Crippen molar-refractivity contribution in [3.63, 3.8) is 0 Å². The van der Waals surface area contributed by atoms with Crippen LogP contribution in [-0.2, 0) is 0 Å². The van der Waals surface area contributed by atoms with Crippen LogP contribution in [0.4, 0.5) is 0 Å². The fourth-order valence-electron chi connectivity index (χ4n) is 1.68. The quantitative estimate of drug-likeness (QED) is 0.356. The van der Waals surface area contributed by atoms with Crippen molar-refractivity contribution in [2.24, 2.45) is 0 Å². The van der Waals surface area contributed by atoms with Crippen LogP contribution in [0.5, 0.6) is 0 Å². The first-order valence-corrected chi connectivity index (χ1v) is 11.7. The molecule has 2 heterocycles. The number of benzene rings is 1. The summed E-state index contributed by atoms with van der Waals surface area (Å²) in [5.74, 6) is 0. The average Bonchev–Trinajstić information content (AvgIpc) is 3.14. The number of aryl methyl sites for hydroxylation is 6. The molecule has 0 aliphatic carbocycles. The van der Waals surface area contributed by atoms with E-state index in [0.29, 0.717) is 0 Å². The molecule has 0 saturated carbocycles. The van der Waals surface area contributed by atoms with Gasteiger partial charge in [0.05, 0.1) is 0 Å². The Labute approximate surface area is 186 Å². The lowest BCUT2D eigenvalue weighted by Gasteiger charge is -1.93. The van der Waals surface area contributed by atoms with Crippen molar-refractivity contribution < 1.29 is 0 Å². The Morgan fingerprint density at radius 1 is 0.552 bits per heavy atom. The van der Waals surface area contributed by atoms with E-state index in [1.165, 1.54) is 27.1 Å². The average molecular weight is 416 g/mol. The Morgan fingerprint density at radius 2 is 1.00 bits per heavy atom. The number of thiophene rings is 1. The molecule has 29 heavy (non-hydrogen) atoms. The molecule has 0 saturated heterocycles. The number of pyridine rings is 1. The van der Waals surface area contributed by atoms with Gasteiger partial charge in [0.1, 0.15) is 0 Å². The first-order chi connectivity index (χ1) is 13.9. The summed E-state index contributed by atoms with van der Waals surface area (Å²) in [5, 5.41) is 2.12. The number of nitrogens with zero attached hydrogens (tertiary/aromatic N) is 1. The first-order valence-electron chi connectivity index (χ1n) is 10.8. The Hall–Kier alpha value is -1.93. The van der Waals surface area contributed by atoms with Crippen LogP contribution in [-0.4, -0.2) is 4.98 Å². The highest BCUT2D eigenvalue weighted by atomic mass is 32.1. The third-order valence-corrected chi connectivity index (χ3v) is 4.76. The first kappa shape index (κ1) is 31.8. The van der Waals surface area contributed by atoms with E-state index in [0.717, 1.165) is 5.69 Å². The van der Waals surface area contributed by atoms with Gasteiger partial charge >= 0.3 is 0 Å². The molecule has 164 valence electrons. The topological polar surface area (TPSA) is 12.9 Å². The summed E-state index contributed by atoms with van der Waals surface area (Å²) in [5.41, 5.74) is 6.52. The van der Waals surface area contributed by atoms with E-state index in [2.05, 4.69) is 81.4 Å². The number of hydrogen-bond acceptors (Lipinski definition) is 2. The van der Waals surface area contributed by atoms with Crippen LogP contribution in [0, 0.1) is 41.5 Å². The maximum atomic E-state index is 4.08. The van der Waals surface area contributed by atoms with Crippen molar-refractivity contribution in [2.45, 2.75) is 83.1 Å². The summed E-state index contributed by atoms with van der Waals surface area (Å²) in [6, 6.07) is 14.5. The van der Waals surface area contributed by atoms with Crippen molar-refractivity contribution in [1.82, 2.24) is 4.98 Å². The summed E-state index contributed by atoms with van der Waals surface area (Å²) < 4.78 is 0. The highest BCUT2D eigenvalue weighted by molar-refractivity contribution is 7.10. The molecule has 0 aliphatic rings. The van der Waals surface area contributed by atoms with Gasteiger partial charge in [0.15, 0.2) is 0 Å². The van der Waals surface area contributed by atoms with Crippen molar-refractivity contribution in [3.05, 3.63) is 86.9 Å². The molecule has 0 fully saturated rings. The van der Waals surface area contributed by atoms with Crippen LogP contribution >= 0.6 is 11.3 Å². The van der Waals surface area contributed by atoms with Gasteiger partial charge in [0, 0.05) is 16.8 Å². The third-order valence-electron chi connectivity index (χ3n) is 3.81. The highest BCUT2D eigenvalue weighted by Gasteiger charge is 1.87. The molecule has 3 rings (SSSR count). The summed E-state index contributed by atoms with van der Waals surface area (Å²) in [4.78, 5) is 5.51. The molecular formula is C27H45NS. The molecule has 0 spiro atoms. The lowest BCUT2D eigenvalue weighted by molar-refractivity contribution is 1.15. The van der Waals surface area contributed by atoms with Gasteiger partial charge in [-0.2, -0.15) is 0 Å². The highest BCUT2D eigenvalue weighted by Crippen LogP contribution is 2.12. The van der Waals surface area contributed by atoms with Gasteiger partial charge in [-0.15, -0.1) is 11.3 Å². The second kappa shape index (κ2) is 22.4. The van der Waals surface area contributed by atoms with E-state index in [4.69, 9.17) is 0 Å². The Balaban J connectivity index is -0.000000310. The molecule has 2 aromatic heterocycles. The maximum Gasteiger partial charge on any atom is 0.0401 e. The summed E-state index contributed by atoms with van der Waals surface area (Å²) in [6.07, 6.45) is 1.81. The standard InChI is InChI=1S/C8H10.C7H9N.C6H8S.3C2H6/c1-7-5-3-4-6-8(7)2;1-6-4-3-5-8-7(6)2;1-5-3-4-7-6(5)2;3*1-2/h3-6H,1-2H3;3-5H,1-2H3;3-4H,1-2H3;3*1-2H3. The second-order valence-corrected chi connectivity index (χ2v) is 6.77. The smallest absolute Gasteiger partial charge is 0.0401 e. The zero-order valence-electron chi connectivity index (χ0n) is 21.1. The van der Waals surface area contributed by atoms with Crippen molar-refractivity contribution in [3.8, 4) is 0 Å². The van der Waals surface area contributed by atoms with Gasteiger partial charge in [0.25, 0.3) is 0 Å². The molecule has 1 aromatic carbocycles. The molecule has 0 N–H and O–H groups in total. The van der Waals surface area contributed by atoms with Crippen LogP contribution in [0.25, 0.3) is 0 Å². The Kier molecular flexibility index (Phi) is 24.5. The van der Waals surface area contributed by atoms with Gasteiger partial charge in [-0.25, -0.2) is 0 Å². The minimum atomic E-state index is 1.12. The van der Waals surface area contributed by atoms with Crippen LogP contribution in [0.3, 0.4) is 0 Å². The van der Waals surface area contributed by atoms with Crippen LogP contribution in [0.1, 0.15) is 74.4 Å². The molecule has 0 atom stereocenters. The van der Waals surface area contributed by atoms with Gasteiger partial charge in [-0.1, -0.05) is 71.9 Å². The Bertz CT molecular complexity index is 612. The second-order valence-electron chi connectivity index (χ2n) is 5.65. The van der Waals surface area contributed by atoms with E-state index < -0.39 is 0 Å². The predicted molar refractivity (Wildman–Crippen MR) is 137 cm³/mol. The molecule has 0 bridgehead atoms. The SMILES string of the molecule is CC.CC.CC.Cc1ccccc1C.Cc1cccnc1C.Cc1ccsc1C. The Morgan fingerprint density at radius 3 is 1.21 bits per heavy atom.